The summed E-state index contributed by atoms with van der Waals surface area (Å²) in [5.74, 6) is 0.0302. The Kier molecular flexibility index (Phi) is 6.86. The van der Waals surface area contributed by atoms with Crippen molar-refractivity contribution in [3.8, 4) is 0 Å². The first-order valence-electron chi connectivity index (χ1n) is 6.46. The van der Waals surface area contributed by atoms with E-state index in [4.69, 9.17) is 9.84 Å². The number of carbonyl (C=O) groups is 1. The maximum absolute atomic E-state index is 10.7. The first-order valence-corrected chi connectivity index (χ1v) is 7.44. The monoisotopic (exact) mass is 287 g/mol. The van der Waals surface area contributed by atoms with E-state index in [9.17, 15) is 4.79 Å². The van der Waals surface area contributed by atoms with E-state index in [0.717, 1.165) is 18.7 Å². The zero-order valence-electron chi connectivity index (χ0n) is 11.6. The van der Waals surface area contributed by atoms with Gasteiger partial charge in [0.2, 0.25) is 0 Å². The summed E-state index contributed by atoms with van der Waals surface area (Å²) in [5, 5.41) is 17.7. The average Bonchev–Trinajstić information content (AvgIpc) is 2.77. The maximum atomic E-state index is 10.7. The summed E-state index contributed by atoms with van der Waals surface area (Å²) in [6, 6.07) is 0.104. The molecule has 108 valence electrons. The molecule has 0 saturated heterocycles. The van der Waals surface area contributed by atoms with E-state index >= 15 is 0 Å². The third-order valence-corrected chi connectivity index (χ3v) is 3.47. The van der Waals surface area contributed by atoms with Crippen molar-refractivity contribution in [2.45, 2.75) is 44.8 Å². The minimum atomic E-state index is -0.853. The molecule has 0 saturated carbocycles. The van der Waals surface area contributed by atoms with Crippen molar-refractivity contribution in [1.82, 2.24) is 14.8 Å². The molecule has 19 heavy (non-hydrogen) atoms. The van der Waals surface area contributed by atoms with Gasteiger partial charge in [-0.2, -0.15) is 0 Å². The highest BCUT2D eigenvalue weighted by Crippen LogP contribution is 2.22. The van der Waals surface area contributed by atoms with Gasteiger partial charge in [0.15, 0.2) is 5.16 Å². The molecule has 0 aliphatic rings. The van der Waals surface area contributed by atoms with E-state index in [0.29, 0.717) is 18.4 Å². The molecule has 7 heteroatoms. The van der Waals surface area contributed by atoms with E-state index in [1.807, 2.05) is 18.4 Å². The summed E-state index contributed by atoms with van der Waals surface area (Å²) in [6.07, 6.45) is 1.81. The number of carboxylic acid groups (broad SMARTS) is 1. The van der Waals surface area contributed by atoms with Crippen LogP contribution in [0.2, 0.25) is 0 Å². The quantitative estimate of drug-likeness (QED) is 0.700. The molecule has 0 bridgehead atoms. The summed E-state index contributed by atoms with van der Waals surface area (Å²) < 4.78 is 7.42. The van der Waals surface area contributed by atoms with Crippen LogP contribution in [0.1, 0.15) is 39.1 Å². The highest BCUT2D eigenvalue weighted by Gasteiger charge is 2.18. The second kappa shape index (κ2) is 8.16. The molecule has 1 unspecified atom stereocenters. The highest BCUT2D eigenvalue weighted by molar-refractivity contribution is 7.99. The van der Waals surface area contributed by atoms with Crippen LogP contribution in [0.4, 0.5) is 0 Å². The lowest BCUT2D eigenvalue weighted by atomic mass is 10.3. The number of ether oxygens (including phenoxy) is 1. The fraction of sp³-hybridized carbons (Fsp3) is 0.750. The van der Waals surface area contributed by atoms with Crippen LogP contribution in [0.25, 0.3) is 0 Å². The lowest BCUT2D eigenvalue weighted by molar-refractivity contribution is -0.133. The average molecular weight is 287 g/mol. The summed E-state index contributed by atoms with van der Waals surface area (Å²) in [7, 11) is 0. The normalized spacial score (nSPS) is 12.6. The van der Waals surface area contributed by atoms with Crippen LogP contribution in [-0.2, 0) is 16.0 Å². The molecule has 1 rings (SSSR count). The van der Waals surface area contributed by atoms with Crippen LogP contribution in [0.15, 0.2) is 5.16 Å². The van der Waals surface area contributed by atoms with Crippen molar-refractivity contribution in [3.63, 3.8) is 0 Å². The Morgan fingerprint density at radius 1 is 1.47 bits per heavy atom. The molecule has 0 fully saturated rings. The van der Waals surface area contributed by atoms with Crippen molar-refractivity contribution in [3.05, 3.63) is 5.82 Å². The number of carboxylic acids is 1. The molecule has 0 amide bonds. The zero-order valence-corrected chi connectivity index (χ0v) is 12.4. The second-order valence-corrected chi connectivity index (χ2v) is 5.15. The number of aromatic nitrogens is 3. The Bertz CT molecular complexity index is 409. The number of aryl methyl sites for hydroxylation is 1. The highest BCUT2D eigenvalue weighted by atomic mass is 32.2. The van der Waals surface area contributed by atoms with Crippen molar-refractivity contribution >= 4 is 17.7 Å². The molecule has 0 radical (unpaired) electrons. The smallest absolute Gasteiger partial charge is 0.313 e. The Morgan fingerprint density at radius 3 is 2.79 bits per heavy atom. The van der Waals surface area contributed by atoms with Gasteiger partial charge in [-0.1, -0.05) is 18.7 Å². The lowest BCUT2D eigenvalue weighted by Gasteiger charge is -2.17. The standard InChI is InChI=1S/C12H21N3O3S/c1-4-6-10-13-14-12(19-8-11(16)17)15(10)9(3)7-18-5-2/h9H,4-8H2,1-3H3,(H,16,17). The molecule has 1 aromatic rings. The Morgan fingerprint density at radius 2 is 2.21 bits per heavy atom. The second-order valence-electron chi connectivity index (χ2n) is 4.21. The van der Waals surface area contributed by atoms with Gasteiger partial charge in [-0.25, -0.2) is 0 Å². The van der Waals surface area contributed by atoms with Crippen LogP contribution in [0.5, 0.6) is 0 Å². The zero-order chi connectivity index (χ0) is 14.3. The minimum absolute atomic E-state index is 0.00832. The number of hydrogen-bond acceptors (Lipinski definition) is 5. The number of aliphatic carboxylic acids is 1. The van der Waals surface area contributed by atoms with E-state index in [1.165, 1.54) is 11.8 Å². The summed E-state index contributed by atoms with van der Waals surface area (Å²) in [6.45, 7) is 7.30. The van der Waals surface area contributed by atoms with Crippen molar-refractivity contribution in [2.75, 3.05) is 19.0 Å². The van der Waals surface area contributed by atoms with Crippen LogP contribution in [0.3, 0.4) is 0 Å². The lowest BCUT2D eigenvalue weighted by Crippen LogP contribution is -2.16. The third kappa shape index (κ3) is 4.83. The molecular weight excluding hydrogens is 266 g/mol. The van der Waals surface area contributed by atoms with Crippen molar-refractivity contribution in [1.29, 1.82) is 0 Å². The Balaban J connectivity index is 2.86. The van der Waals surface area contributed by atoms with Gasteiger partial charge in [0.1, 0.15) is 5.82 Å². The molecular formula is C12H21N3O3S. The molecule has 6 nitrogen and oxygen atoms in total. The summed E-state index contributed by atoms with van der Waals surface area (Å²) >= 11 is 1.20. The molecule has 1 N–H and O–H groups in total. The van der Waals surface area contributed by atoms with Crippen molar-refractivity contribution in [2.24, 2.45) is 0 Å². The first-order chi connectivity index (χ1) is 9.10. The third-order valence-electron chi connectivity index (χ3n) is 2.54. The van der Waals surface area contributed by atoms with Gasteiger partial charge in [-0.05, 0) is 20.3 Å². The van der Waals surface area contributed by atoms with Crippen LogP contribution in [-0.4, -0.2) is 44.8 Å². The van der Waals surface area contributed by atoms with Crippen LogP contribution < -0.4 is 0 Å². The summed E-state index contributed by atoms with van der Waals surface area (Å²) in [5.41, 5.74) is 0. The molecule has 0 aliphatic heterocycles. The van der Waals surface area contributed by atoms with Gasteiger partial charge in [-0.3, -0.25) is 4.79 Å². The fourth-order valence-corrected chi connectivity index (χ4v) is 2.51. The maximum Gasteiger partial charge on any atom is 0.313 e. The van der Waals surface area contributed by atoms with Gasteiger partial charge >= 0.3 is 5.97 Å². The van der Waals surface area contributed by atoms with Crippen molar-refractivity contribution < 1.29 is 14.6 Å². The van der Waals surface area contributed by atoms with E-state index in [2.05, 4.69) is 17.1 Å². The number of thioether (sulfide) groups is 1. The molecule has 0 aromatic carbocycles. The predicted octanol–water partition coefficient (Wildman–Crippen LogP) is 2.00. The molecule has 0 aliphatic carbocycles. The predicted molar refractivity (Wildman–Crippen MR) is 73.6 cm³/mol. The van der Waals surface area contributed by atoms with E-state index in [-0.39, 0.29) is 11.8 Å². The van der Waals surface area contributed by atoms with Crippen LogP contribution in [0, 0.1) is 0 Å². The van der Waals surface area contributed by atoms with Crippen LogP contribution >= 0.6 is 11.8 Å². The first kappa shape index (κ1) is 16.0. The Labute approximate surface area is 117 Å². The largest absolute Gasteiger partial charge is 0.481 e. The molecule has 1 heterocycles. The minimum Gasteiger partial charge on any atom is -0.481 e. The number of hydrogen-bond donors (Lipinski definition) is 1. The van der Waals surface area contributed by atoms with E-state index in [1.54, 1.807) is 0 Å². The van der Waals surface area contributed by atoms with E-state index < -0.39 is 5.97 Å². The van der Waals surface area contributed by atoms with Gasteiger partial charge in [0, 0.05) is 13.0 Å². The molecule has 1 aromatic heterocycles. The fourth-order valence-electron chi connectivity index (χ4n) is 1.73. The Hall–Kier alpha value is -1.08. The number of nitrogens with zero attached hydrogens (tertiary/aromatic N) is 3. The van der Waals surface area contributed by atoms with Gasteiger partial charge < -0.3 is 14.4 Å². The topological polar surface area (TPSA) is 77.2 Å². The van der Waals surface area contributed by atoms with Gasteiger partial charge in [-0.15, -0.1) is 10.2 Å². The SMILES string of the molecule is CCCc1nnc(SCC(=O)O)n1C(C)COCC. The summed E-state index contributed by atoms with van der Waals surface area (Å²) in [4.78, 5) is 10.7. The van der Waals surface area contributed by atoms with Gasteiger partial charge in [0.05, 0.1) is 18.4 Å². The molecule has 1 atom stereocenters. The number of rotatable bonds is 9. The molecule has 0 spiro atoms. The van der Waals surface area contributed by atoms with Gasteiger partial charge in [0.25, 0.3) is 0 Å².